The summed E-state index contributed by atoms with van der Waals surface area (Å²) >= 11 is 6.47. The maximum absolute atomic E-state index is 11.9. The molecule has 0 radical (unpaired) electrons. The van der Waals surface area contributed by atoms with Crippen molar-refractivity contribution in [1.82, 2.24) is 20.3 Å². The summed E-state index contributed by atoms with van der Waals surface area (Å²) in [4.78, 5) is 24.8. The summed E-state index contributed by atoms with van der Waals surface area (Å²) in [6.07, 6.45) is 3.69. The van der Waals surface area contributed by atoms with Gasteiger partial charge in [-0.1, -0.05) is 23.7 Å². The minimum Gasteiger partial charge on any atom is -0.488 e. The molecular formula is C26H26ClN5O5S. The molecule has 198 valence electrons. The molecule has 0 aliphatic rings. The fourth-order valence-corrected chi connectivity index (χ4v) is 4.36. The maximum Gasteiger partial charge on any atom is 0.235 e. The van der Waals surface area contributed by atoms with E-state index in [0.717, 1.165) is 11.9 Å². The van der Waals surface area contributed by atoms with Crippen LogP contribution in [0.3, 0.4) is 0 Å². The Hall–Kier alpha value is -3.96. The maximum atomic E-state index is 11.9. The number of nitrogens with zero attached hydrogens (tertiary/aromatic N) is 3. The molecular weight excluding hydrogens is 530 g/mol. The molecule has 38 heavy (non-hydrogen) atoms. The zero-order valence-electron chi connectivity index (χ0n) is 20.7. The summed E-state index contributed by atoms with van der Waals surface area (Å²) < 4.78 is 34.5. The second-order valence-corrected chi connectivity index (χ2v) is 11.1. The molecule has 0 fully saturated rings. The van der Waals surface area contributed by atoms with E-state index >= 15 is 0 Å². The molecule has 4 rings (SSSR count). The predicted molar refractivity (Wildman–Crippen MR) is 146 cm³/mol. The van der Waals surface area contributed by atoms with Gasteiger partial charge >= 0.3 is 0 Å². The van der Waals surface area contributed by atoms with Crippen molar-refractivity contribution >= 4 is 49.8 Å². The zero-order valence-corrected chi connectivity index (χ0v) is 22.3. The number of hydrogen-bond acceptors (Lipinski definition) is 9. The van der Waals surface area contributed by atoms with Crippen molar-refractivity contribution in [2.45, 2.75) is 19.6 Å². The molecule has 0 saturated heterocycles. The number of hydrogen-bond donors (Lipinski definition) is 2. The minimum absolute atomic E-state index is 0.122. The second-order valence-electron chi connectivity index (χ2n) is 8.56. The quantitative estimate of drug-likeness (QED) is 0.282. The number of nitrogens with one attached hydrogen (secondary N) is 2. The van der Waals surface area contributed by atoms with E-state index in [1.807, 2.05) is 30.3 Å². The molecule has 0 spiro atoms. The van der Waals surface area contributed by atoms with Crippen LogP contribution in [0.1, 0.15) is 12.6 Å². The number of aromatic nitrogens is 3. The normalized spacial score (nSPS) is 12.1. The topological polar surface area (TPSA) is 132 Å². The third-order valence-corrected chi connectivity index (χ3v) is 6.31. The summed E-state index contributed by atoms with van der Waals surface area (Å²) in [6.45, 7) is 2.17. The number of benzene rings is 2. The fourth-order valence-electron chi connectivity index (χ4n) is 3.54. The Morgan fingerprint density at radius 3 is 2.63 bits per heavy atom. The number of carbonyl (C=O) groups excluding carboxylic acids is 1. The SMILES string of the molecule is CC(CNC(=O)CS(C)(=O)=O)Oc1cccc2ncnc(Nc3ccc(OCc4ccccn4)c(Cl)c3)c12. The third-order valence-electron chi connectivity index (χ3n) is 5.23. The van der Waals surface area contributed by atoms with Gasteiger partial charge in [-0.15, -0.1) is 0 Å². The van der Waals surface area contributed by atoms with Crippen molar-refractivity contribution in [2.75, 3.05) is 23.9 Å². The average Bonchev–Trinajstić information content (AvgIpc) is 2.87. The summed E-state index contributed by atoms with van der Waals surface area (Å²) in [5.41, 5.74) is 2.11. The van der Waals surface area contributed by atoms with Gasteiger partial charge in [0.25, 0.3) is 0 Å². The molecule has 2 N–H and O–H groups in total. The van der Waals surface area contributed by atoms with Crippen LogP contribution in [-0.2, 0) is 21.2 Å². The van der Waals surface area contributed by atoms with Crippen molar-refractivity contribution in [3.8, 4) is 11.5 Å². The Morgan fingerprint density at radius 2 is 1.89 bits per heavy atom. The molecule has 12 heteroatoms. The number of carbonyl (C=O) groups is 1. The minimum atomic E-state index is -3.41. The zero-order chi connectivity index (χ0) is 27.1. The summed E-state index contributed by atoms with van der Waals surface area (Å²) in [5.74, 6) is 0.349. The number of halogens is 1. The van der Waals surface area contributed by atoms with Crippen LogP contribution in [-0.4, -0.2) is 53.9 Å². The van der Waals surface area contributed by atoms with Crippen molar-refractivity contribution < 1.29 is 22.7 Å². The van der Waals surface area contributed by atoms with Crippen LogP contribution >= 0.6 is 11.6 Å². The molecule has 0 saturated carbocycles. The lowest BCUT2D eigenvalue weighted by Crippen LogP contribution is -2.36. The number of rotatable bonds is 11. The number of anilines is 2. The van der Waals surface area contributed by atoms with Crippen LogP contribution in [0, 0.1) is 0 Å². The predicted octanol–water partition coefficient (Wildman–Crippen LogP) is 3.93. The van der Waals surface area contributed by atoms with E-state index < -0.39 is 27.6 Å². The first-order chi connectivity index (χ1) is 18.2. The van der Waals surface area contributed by atoms with Crippen LogP contribution in [0.5, 0.6) is 11.5 Å². The summed E-state index contributed by atoms with van der Waals surface area (Å²) in [6, 6.07) is 16.3. The van der Waals surface area contributed by atoms with Gasteiger partial charge in [-0.3, -0.25) is 9.78 Å². The van der Waals surface area contributed by atoms with E-state index in [-0.39, 0.29) is 13.2 Å². The van der Waals surface area contributed by atoms with Crippen LogP contribution in [0.25, 0.3) is 10.9 Å². The van der Waals surface area contributed by atoms with Crippen molar-refractivity contribution in [2.24, 2.45) is 0 Å². The number of pyridine rings is 1. The molecule has 1 atom stereocenters. The molecule has 2 aromatic heterocycles. The summed E-state index contributed by atoms with van der Waals surface area (Å²) in [5, 5.41) is 6.88. The number of sulfone groups is 1. The van der Waals surface area contributed by atoms with Gasteiger partial charge in [0, 0.05) is 18.1 Å². The molecule has 1 amide bonds. The molecule has 1 unspecified atom stereocenters. The van der Waals surface area contributed by atoms with E-state index in [0.29, 0.717) is 38.9 Å². The third kappa shape index (κ3) is 7.53. The number of fused-ring (bicyclic) bond motifs is 1. The highest BCUT2D eigenvalue weighted by Crippen LogP contribution is 2.34. The average molecular weight is 556 g/mol. The highest BCUT2D eigenvalue weighted by molar-refractivity contribution is 7.91. The summed E-state index contributed by atoms with van der Waals surface area (Å²) in [7, 11) is -3.41. The van der Waals surface area contributed by atoms with Crippen LogP contribution in [0.15, 0.2) is 67.1 Å². The molecule has 4 aromatic rings. The van der Waals surface area contributed by atoms with Gasteiger partial charge in [-0.2, -0.15) is 0 Å². The van der Waals surface area contributed by atoms with E-state index in [1.165, 1.54) is 6.33 Å². The largest absolute Gasteiger partial charge is 0.488 e. The molecule has 0 bridgehead atoms. The van der Waals surface area contributed by atoms with E-state index in [4.69, 9.17) is 21.1 Å². The van der Waals surface area contributed by atoms with Crippen LogP contribution in [0.4, 0.5) is 11.5 Å². The number of ether oxygens (including phenoxy) is 2. The van der Waals surface area contributed by atoms with Gasteiger partial charge in [0.15, 0.2) is 9.84 Å². The van der Waals surface area contributed by atoms with Gasteiger partial charge in [0.2, 0.25) is 5.91 Å². The number of amides is 1. The van der Waals surface area contributed by atoms with Crippen molar-refractivity contribution in [3.63, 3.8) is 0 Å². The first-order valence-electron chi connectivity index (χ1n) is 11.6. The van der Waals surface area contributed by atoms with Crippen molar-refractivity contribution in [1.29, 1.82) is 0 Å². The molecule has 2 heterocycles. The molecule has 0 aliphatic carbocycles. The Bertz CT molecular complexity index is 1530. The van der Waals surface area contributed by atoms with E-state index in [2.05, 4.69) is 25.6 Å². The van der Waals surface area contributed by atoms with E-state index in [1.54, 1.807) is 37.4 Å². The van der Waals surface area contributed by atoms with Gasteiger partial charge in [0.1, 0.15) is 42.1 Å². The first-order valence-corrected chi connectivity index (χ1v) is 14.1. The monoisotopic (exact) mass is 555 g/mol. The van der Waals surface area contributed by atoms with Crippen LogP contribution in [0.2, 0.25) is 5.02 Å². The van der Waals surface area contributed by atoms with Crippen molar-refractivity contribution in [3.05, 3.63) is 77.8 Å². The molecule has 10 nitrogen and oxygen atoms in total. The Labute approximate surface area is 225 Å². The Kier molecular flexibility index (Phi) is 8.59. The standard InChI is InChI=1S/C26H26ClN5O5S/c1-17(13-29-24(33)15-38(2,34)35)37-23-8-5-7-21-25(23)26(31-16-30-21)32-18-9-10-22(20(27)12-18)36-14-19-6-3-4-11-28-19/h3-12,16-17H,13-15H2,1-2H3,(H,29,33)(H,30,31,32). The first kappa shape index (κ1) is 27.1. The lowest BCUT2D eigenvalue weighted by molar-refractivity contribution is -0.118. The van der Waals surface area contributed by atoms with Gasteiger partial charge < -0.3 is 20.1 Å². The fraction of sp³-hybridized carbons (Fsp3) is 0.231. The second kappa shape index (κ2) is 12.1. The van der Waals surface area contributed by atoms with Gasteiger partial charge in [-0.25, -0.2) is 18.4 Å². The Morgan fingerprint density at radius 1 is 1.05 bits per heavy atom. The molecule has 2 aromatic carbocycles. The lowest BCUT2D eigenvalue weighted by atomic mass is 10.2. The van der Waals surface area contributed by atoms with Gasteiger partial charge in [0.05, 0.1) is 28.2 Å². The molecule has 0 aliphatic heterocycles. The highest BCUT2D eigenvalue weighted by Gasteiger charge is 2.16. The van der Waals surface area contributed by atoms with E-state index in [9.17, 15) is 13.2 Å². The van der Waals surface area contributed by atoms with Gasteiger partial charge in [-0.05, 0) is 49.4 Å². The highest BCUT2D eigenvalue weighted by atomic mass is 35.5. The Balaban J connectivity index is 1.48. The van der Waals surface area contributed by atoms with Crippen LogP contribution < -0.4 is 20.1 Å². The lowest BCUT2D eigenvalue weighted by Gasteiger charge is -2.18. The smallest absolute Gasteiger partial charge is 0.235 e.